The van der Waals surface area contributed by atoms with Gasteiger partial charge in [-0.2, -0.15) is 0 Å². The summed E-state index contributed by atoms with van der Waals surface area (Å²) in [5.41, 5.74) is -1.07. The van der Waals surface area contributed by atoms with E-state index in [-0.39, 0.29) is 6.42 Å². The second kappa shape index (κ2) is 8.03. The van der Waals surface area contributed by atoms with Gasteiger partial charge >= 0.3 is 0 Å². The summed E-state index contributed by atoms with van der Waals surface area (Å²) in [7, 11) is 0. The molecule has 1 aliphatic carbocycles. The third-order valence-electron chi connectivity index (χ3n) is 4.35. The molecule has 0 bridgehead atoms. The van der Waals surface area contributed by atoms with Crippen LogP contribution in [0.5, 0.6) is 0 Å². The normalized spacial score (nSPS) is 21.9. The Morgan fingerprint density at radius 1 is 1.37 bits per heavy atom. The van der Waals surface area contributed by atoms with Crippen LogP contribution in [0.15, 0.2) is 36.5 Å². The fourth-order valence-corrected chi connectivity index (χ4v) is 3.27. The van der Waals surface area contributed by atoms with Crippen molar-refractivity contribution in [2.75, 3.05) is 0 Å². The number of halogens is 3. The fourth-order valence-electron chi connectivity index (χ4n) is 3.08. The maximum Gasteiger partial charge on any atom is 0.273 e. The lowest BCUT2D eigenvalue weighted by Crippen LogP contribution is -2.45. The fraction of sp³-hybridized carbons (Fsp3) is 0.300. The molecule has 1 unspecified atom stereocenters. The molecular formula is C20H17ClF2N2O2. The van der Waals surface area contributed by atoms with Crippen LogP contribution in [0.1, 0.15) is 41.7 Å². The average molecular weight is 391 g/mol. The van der Waals surface area contributed by atoms with Crippen LogP contribution in [-0.4, -0.2) is 27.6 Å². The second-order valence-electron chi connectivity index (χ2n) is 6.54. The molecule has 0 radical (unpaired) electrons. The Kier molecular flexibility index (Phi) is 5.73. The van der Waals surface area contributed by atoms with Gasteiger partial charge in [0.25, 0.3) is 5.91 Å². The minimum absolute atomic E-state index is 0.203. The molecule has 2 N–H and O–H groups in total. The highest BCUT2D eigenvalue weighted by atomic mass is 35.5. The quantitative estimate of drug-likeness (QED) is 0.772. The molecule has 4 nitrogen and oxygen atoms in total. The molecule has 0 saturated heterocycles. The van der Waals surface area contributed by atoms with E-state index in [1.165, 1.54) is 0 Å². The van der Waals surface area contributed by atoms with Crippen molar-refractivity contribution in [3.63, 3.8) is 0 Å². The van der Waals surface area contributed by atoms with E-state index in [0.717, 1.165) is 6.20 Å². The standard InChI is InChI=1S/C20H17ClF2N2O2/c21-14-4-1-3-13(9-14)6-8-20(27)7-2-5-16(11-20)25-19(26)18-17(23)10-15(22)12-24-18/h1,3-4,9-10,12,16,27H,2,5,7,11H2,(H,25,26)/t16-,20?/m1/s1. The number of benzene rings is 1. The molecule has 1 aromatic heterocycles. The number of hydrogen-bond donors (Lipinski definition) is 2. The van der Waals surface area contributed by atoms with E-state index in [1.807, 2.05) is 0 Å². The number of aromatic nitrogens is 1. The Labute approximate surface area is 160 Å². The molecule has 3 rings (SSSR count). The number of nitrogens with zero attached hydrogens (tertiary/aromatic N) is 1. The molecule has 1 heterocycles. The summed E-state index contributed by atoms with van der Waals surface area (Å²) >= 11 is 5.92. The highest BCUT2D eigenvalue weighted by Crippen LogP contribution is 2.28. The first-order valence-electron chi connectivity index (χ1n) is 8.48. The minimum Gasteiger partial charge on any atom is -0.378 e. The maximum absolute atomic E-state index is 13.7. The van der Waals surface area contributed by atoms with Crippen LogP contribution in [0.25, 0.3) is 0 Å². The number of amides is 1. The van der Waals surface area contributed by atoms with Gasteiger partial charge in [0.2, 0.25) is 0 Å². The Balaban J connectivity index is 1.69. The van der Waals surface area contributed by atoms with E-state index in [1.54, 1.807) is 24.3 Å². The van der Waals surface area contributed by atoms with Crippen LogP contribution < -0.4 is 5.32 Å². The third kappa shape index (κ3) is 5.03. The summed E-state index contributed by atoms with van der Waals surface area (Å²) in [6, 6.07) is 7.20. The van der Waals surface area contributed by atoms with Gasteiger partial charge in [-0.1, -0.05) is 29.5 Å². The van der Waals surface area contributed by atoms with Crippen molar-refractivity contribution < 1.29 is 18.7 Å². The van der Waals surface area contributed by atoms with Gasteiger partial charge in [-0.05, 0) is 37.5 Å². The summed E-state index contributed by atoms with van der Waals surface area (Å²) in [6.07, 6.45) is 2.72. The van der Waals surface area contributed by atoms with Crippen LogP contribution in [0.2, 0.25) is 5.02 Å². The monoisotopic (exact) mass is 390 g/mol. The Morgan fingerprint density at radius 2 is 2.19 bits per heavy atom. The molecule has 2 aromatic rings. The molecule has 1 aromatic carbocycles. The Hall–Kier alpha value is -2.49. The number of carbonyl (C=O) groups excluding carboxylic acids is 1. The van der Waals surface area contributed by atoms with Crippen LogP contribution in [0.4, 0.5) is 8.78 Å². The number of rotatable bonds is 2. The second-order valence-corrected chi connectivity index (χ2v) is 6.98. The van der Waals surface area contributed by atoms with E-state index in [9.17, 15) is 18.7 Å². The highest BCUT2D eigenvalue weighted by Gasteiger charge is 2.34. The zero-order valence-electron chi connectivity index (χ0n) is 14.3. The van der Waals surface area contributed by atoms with E-state index < -0.39 is 34.9 Å². The van der Waals surface area contributed by atoms with Gasteiger partial charge in [0.05, 0.1) is 6.20 Å². The van der Waals surface area contributed by atoms with Crippen LogP contribution in [0, 0.1) is 23.5 Å². The molecular weight excluding hydrogens is 374 g/mol. The number of nitrogens with one attached hydrogen (secondary N) is 1. The van der Waals surface area contributed by atoms with Crippen molar-refractivity contribution in [2.45, 2.75) is 37.3 Å². The molecule has 1 saturated carbocycles. The molecule has 1 amide bonds. The van der Waals surface area contributed by atoms with E-state index in [0.29, 0.717) is 35.9 Å². The van der Waals surface area contributed by atoms with Crippen molar-refractivity contribution in [1.82, 2.24) is 10.3 Å². The van der Waals surface area contributed by atoms with Gasteiger partial charge in [0.15, 0.2) is 11.5 Å². The van der Waals surface area contributed by atoms with Gasteiger partial charge in [-0.3, -0.25) is 4.79 Å². The molecule has 140 valence electrons. The SMILES string of the molecule is O=C(N[C@@H]1CCCC(O)(C#Cc2cccc(Cl)c2)C1)c1ncc(F)cc1F. The zero-order valence-corrected chi connectivity index (χ0v) is 15.1. The molecule has 0 spiro atoms. The molecule has 7 heteroatoms. The van der Waals surface area contributed by atoms with Crippen molar-refractivity contribution in [3.8, 4) is 11.8 Å². The summed E-state index contributed by atoms with van der Waals surface area (Å²) < 4.78 is 26.6. The van der Waals surface area contributed by atoms with Crippen LogP contribution in [-0.2, 0) is 0 Å². The van der Waals surface area contributed by atoms with Gasteiger partial charge in [-0.15, -0.1) is 0 Å². The first kappa shape index (κ1) is 19.3. The zero-order chi connectivity index (χ0) is 19.4. The van der Waals surface area contributed by atoms with Gasteiger partial charge in [-0.25, -0.2) is 13.8 Å². The van der Waals surface area contributed by atoms with Crippen molar-refractivity contribution in [3.05, 3.63) is 64.4 Å². The van der Waals surface area contributed by atoms with E-state index >= 15 is 0 Å². The smallest absolute Gasteiger partial charge is 0.273 e. The van der Waals surface area contributed by atoms with Crippen molar-refractivity contribution >= 4 is 17.5 Å². The van der Waals surface area contributed by atoms with Crippen LogP contribution >= 0.6 is 11.6 Å². The largest absolute Gasteiger partial charge is 0.378 e. The topological polar surface area (TPSA) is 62.2 Å². The maximum atomic E-state index is 13.7. The summed E-state index contributed by atoms with van der Waals surface area (Å²) in [6.45, 7) is 0. The Morgan fingerprint density at radius 3 is 2.93 bits per heavy atom. The first-order chi connectivity index (χ1) is 12.8. The number of hydrogen-bond acceptors (Lipinski definition) is 3. The van der Waals surface area contributed by atoms with Crippen molar-refractivity contribution in [1.29, 1.82) is 0 Å². The molecule has 2 atom stereocenters. The predicted molar refractivity (Wildman–Crippen MR) is 97.2 cm³/mol. The summed E-state index contributed by atoms with van der Waals surface area (Å²) in [5, 5.41) is 13.9. The van der Waals surface area contributed by atoms with Gasteiger partial charge in [0.1, 0.15) is 11.4 Å². The number of carbonyl (C=O) groups is 1. The van der Waals surface area contributed by atoms with Crippen LogP contribution in [0.3, 0.4) is 0 Å². The summed E-state index contributed by atoms with van der Waals surface area (Å²) in [5.74, 6) is 3.14. The van der Waals surface area contributed by atoms with Gasteiger partial charge in [0, 0.05) is 29.1 Å². The lowest BCUT2D eigenvalue weighted by molar-refractivity contribution is 0.0451. The van der Waals surface area contributed by atoms with E-state index in [2.05, 4.69) is 22.1 Å². The summed E-state index contributed by atoms with van der Waals surface area (Å²) in [4.78, 5) is 15.7. The van der Waals surface area contributed by atoms with E-state index in [4.69, 9.17) is 11.6 Å². The highest BCUT2D eigenvalue weighted by molar-refractivity contribution is 6.30. The molecule has 27 heavy (non-hydrogen) atoms. The number of aliphatic hydroxyl groups is 1. The third-order valence-corrected chi connectivity index (χ3v) is 4.58. The van der Waals surface area contributed by atoms with Gasteiger partial charge < -0.3 is 10.4 Å². The molecule has 1 aliphatic rings. The molecule has 0 aliphatic heterocycles. The average Bonchev–Trinajstić information content (AvgIpc) is 2.60. The lowest BCUT2D eigenvalue weighted by atomic mass is 9.82. The van der Waals surface area contributed by atoms with Crippen molar-refractivity contribution in [2.24, 2.45) is 0 Å². The number of pyridine rings is 1. The predicted octanol–water partition coefficient (Wildman–Crippen LogP) is 3.47. The Bertz CT molecular complexity index is 926. The molecule has 1 fully saturated rings. The first-order valence-corrected chi connectivity index (χ1v) is 8.85. The minimum atomic E-state index is -1.27. The lowest BCUT2D eigenvalue weighted by Gasteiger charge is -2.33.